The molecular formula is C15H19N3O3. The van der Waals surface area contributed by atoms with Crippen molar-refractivity contribution in [3.63, 3.8) is 0 Å². The first-order chi connectivity index (χ1) is 10.2. The fourth-order valence-electron chi connectivity index (χ4n) is 2.82. The van der Waals surface area contributed by atoms with Crippen LogP contribution in [0.1, 0.15) is 42.3 Å². The number of nitrogens with zero attached hydrogens (tertiary/aromatic N) is 3. The number of piperidine rings is 1. The van der Waals surface area contributed by atoms with E-state index in [2.05, 4.69) is 14.9 Å². The minimum atomic E-state index is -0.373. The van der Waals surface area contributed by atoms with E-state index in [0.29, 0.717) is 29.0 Å². The molecule has 0 amide bonds. The van der Waals surface area contributed by atoms with Crippen LogP contribution in [0.4, 0.5) is 5.82 Å². The lowest BCUT2D eigenvalue weighted by Crippen LogP contribution is -2.30. The van der Waals surface area contributed by atoms with Crippen LogP contribution in [-0.2, 0) is 4.74 Å². The largest absolute Gasteiger partial charge is 0.462 e. The van der Waals surface area contributed by atoms with Crippen LogP contribution in [-0.4, -0.2) is 35.6 Å². The normalized spacial score (nSPS) is 15.4. The number of aromatic nitrogens is 2. The molecule has 2 aromatic rings. The lowest BCUT2D eigenvalue weighted by molar-refractivity contribution is 0.0526. The van der Waals surface area contributed by atoms with Gasteiger partial charge in [0.2, 0.25) is 5.71 Å². The van der Waals surface area contributed by atoms with Crippen molar-refractivity contribution in [3.05, 3.63) is 17.7 Å². The van der Waals surface area contributed by atoms with Gasteiger partial charge in [-0.25, -0.2) is 14.8 Å². The minimum absolute atomic E-state index is 0.331. The molecule has 1 saturated heterocycles. The Kier molecular flexibility index (Phi) is 3.77. The minimum Gasteiger partial charge on any atom is -0.462 e. The Labute approximate surface area is 123 Å². The molecule has 0 radical (unpaired) electrons. The zero-order chi connectivity index (χ0) is 14.8. The summed E-state index contributed by atoms with van der Waals surface area (Å²) in [6, 6.07) is 0. The predicted molar refractivity (Wildman–Crippen MR) is 78.6 cm³/mol. The van der Waals surface area contributed by atoms with E-state index in [9.17, 15) is 4.79 Å². The Bertz CT molecular complexity index is 659. The van der Waals surface area contributed by atoms with Crippen LogP contribution in [0.15, 0.2) is 10.7 Å². The lowest BCUT2D eigenvalue weighted by atomic mass is 10.1. The molecule has 21 heavy (non-hydrogen) atoms. The van der Waals surface area contributed by atoms with E-state index in [1.807, 2.05) is 0 Å². The fourth-order valence-corrected chi connectivity index (χ4v) is 2.82. The highest BCUT2D eigenvalue weighted by atomic mass is 16.5. The van der Waals surface area contributed by atoms with Crippen molar-refractivity contribution in [2.24, 2.45) is 0 Å². The highest BCUT2D eigenvalue weighted by Crippen LogP contribution is 2.32. The Morgan fingerprint density at radius 2 is 2.10 bits per heavy atom. The monoisotopic (exact) mass is 289 g/mol. The fraction of sp³-hybridized carbons (Fsp3) is 0.533. The third-order valence-corrected chi connectivity index (χ3v) is 3.78. The molecule has 0 spiro atoms. The van der Waals surface area contributed by atoms with Crippen molar-refractivity contribution >= 4 is 22.9 Å². The molecule has 112 valence electrons. The molecule has 2 aromatic heterocycles. The van der Waals surface area contributed by atoms with Gasteiger partial charge < -0.3 is 14.1 Å². The molecule has 3 heterocycles. The maximum Gasteiger partial charge on any atom is 0.342 e. The average Bonchev–Trinajstić information content (AvgIpc) is 2.84. The van der Waals surface area contributed by atoms with Crippen molar-refractivity contribution < 1.29 is 13.9 Å². The molecule has 1 aliphatic heterocycles. The van der Waals surface area contributed by atoms with Gasteiger partial charge in [0.15, 0.2) is 0 Å². The number of aryl methyl sites for hydroxylation is 1. The van der Waals surface area contributed by atoms with Crippen LogP contribution in [0.3, 0.4) is 0 Å². The molecule has 6 nitrogen and oxygen atoms in total. The van der Waals surface area contributed by atoms with E-state index in [1.165, 1.54) is 12.7 Å². The number of fused-ring (bicyclic) bond motifs is 1. The summed E-state index contributed by atoms with van der Waals surface area (Å²) in [4.78, 5) is 23.0. The van der Waals surface area contributed by atoms with Gasteiger partial charge in [0.1, 0.15) is 23.5 Å². The maximum atomic E-state index is 12.2. The smallest absolute Gasteiger partial charge is 0.342 e. The van der Waals surface area contributed by atoms with E-state index < -0.39 is 0 Å². The van der Waals surface area contributed by atoms with Crippen LogP contribution in [0.5, 0.6) is 0 Å². The quantitative estimate of drug-likeness (QED) is 0.809. The van der Waals surface area contributed by atoms with Gasteiger partial charge in [0.25, 0.3) is 0 Å². The Morgan fingerprint density at radius 1 is 1.33 bits per heavy atom. The summed E-state index contributed by atoms with van der Waals surface area (Å²) in [6.07, 6.45) is 5.00. The van der Waals surface area contributed by atoms with E-state index in [4.69, 9.17) is 9.15 Å². The molecule has 0 atom stereocenters. The molecule has 6 heteroatoms. The van der Waals surface area contributed by atoms with Crippen LogP contribution in [0, 0.1) is 6.92 Å². The van der Waals surface area contributed by atoms with Crippen molar-refractivity contribution in [2.75, 3.05) is 24.6 Å². The predicted octanol–water partition coefficient (Wildman–Crippen LogP) is 2.70. The first-order valence-corrected chi connectivity index (χ1v) is 7.38. The number of carbonyl (C=O) groups is 1. The molecule has 0 bridgehead atoms. The van der Waals surface area contributed by atoms with Gasteiger partial charge in [-0.2, -0.15) is 0 Å². The van der Waals surface area contributed by atoms with E-state index in [0.717, 1.165) is 31.7 Å². The van der Waals surface area contributed by atoms with Crippen LogP contribution in [0.25, 0.3) is 11.1 Å². The molecule has 0 aromatic carbocycles. The molecule has 1 fully saturated rings. The van der Waals surface area contributed by atoms with Gasteiger partial charge in [-0.15, -0.1) is 0 Å². The molecule has 0 N–H and O–H groups in total. The van der Waals surface area contributed by atoms with Crippen LogP contribution >= 0.6 is 0 Å². The number of furan rings is 1. The number of carbonyl (C=O) groups excluding carboxylic acids is 1. The summed E-state index contributed by atoms with van der Waals surface area (Å²) in [5.74, 6) is 0.934. The topological polar surface area (TPSA) is 68.5 Å². The highest BCUT2D eigenvalue weighted by molar-refractivity contribution is 6.07. The van der Waals surface area contributed by atoms with Gasteiger partial charge >= 0.3 is 5.97 Å². The highest BCUT2D eigenvalue weighted by Gasteiger charge is 2.26. The molecule has 0 aliphatic carbocycles. The second-order valence-electron chi connectivity index (χ2n) is 5.18. The Hall–Kier alpha value is -2.11. The summed E-state index contributed by atoms with van der Waals surface area (Å²) in [5, 5.41) is 0.676. The van der Waals surface area contributed by atoms with Gasteiger partial charge in [-0.05, 0) is 33.1 Å². The van der Waals surface area contributed by atoms with Crippen molar-refractivity contribution in [3.8, 4) is 0 Å². The molecular weight excluding hydrogens is 270 g/mol. The van der Waals surface area contributed by atoms with E-state index in [1.54, 1.807) is 13.8 Å². The van der Waals surface area contributed by atoms with Crippen molar-refractivity contribution in [1.29, 1.82) is 0 Å². The Morgan fingerprint density at radius 3 is 2.81 bits per heavy atom. The van der Waals surface area contributed by atoms with Gasteiger partial charge in [0, 0.05) is 13.1 Å². The van der Waals surface area contributed by atoms with Crippen LogP contribution in [0.2, 0.25) is 0 Å². The van der Waals surface area contributed by atoms with Gasteiger partial charge in [-0.1, -0.05) is 0 Å². The van der Waals surface area contributed by atoms with E-state index in [-0.39, 0.29) is 5.97 Å². The second-order valence-corrected chi connectivity index (χ2v) is 5.18. The summed E-state index contributed by atoms with van der Waals surface area (Å²) in [5.41, 5.74) is 0.902. The number of hydrogen-bond acceptors (Lipinski definition) is 6. The zero-order valence-electron chi connectivity index (χ0n) is 12.4. The molecule has 3 rings (SSSR count). The van der Waals surface area contributed by atoms with E-state index >= 15 is 0 Å². The van der Waals surface area contributed by atoms with Gasteiger partial charge in [-0.3, -0.25) is 0 Å². The van der Waals surface area contributed by atoms with Crippen LogP contribution < -0.4 is 4.90 Å². The number of ether oxygens (including phenoxy) is 1. The summed E-state index contributed by atoms with van der Waals surface area (Å²) >= 11 is 0. The number of anilines is 1. The molecule has 0 saturated carbocycles. The molecule has 0 unspecified atom stereocenters. The van der Waals surface area contributed by atoms with Crippen molar-refractivity contribution in [2.45, 2.75) is 33.1 Å². The SMILES string of the molecule is CCOC(=O)c1c(C)oc2ncnc(N3CCCCC3)c12. The standard InChI is InChI=1S/C15H19N3O3/c1-3-20-15(19)11-10(2)21-14-12(11)13(16-9-17-14)18-7-5-4-6-8-18/h9H,3-8H2,1-2H3. The second kappa shape index (κ2) is 5.71. The maximum absolute atomic E-state index is 12.2. The zero-order valence-corrected chi connectivity index (χ0v) is 12.4. The average molecular weight is 289 g/mol. The third kappa shape index (κ3) is 2.46. The summed E-state index contributed by atoms with van der Waals surface area (Å²) in [7, 11) is 0. The Balaban J connectivity index is 2.13. The summed E-state index contributed by atoms with van der Waals surface area (Å²) < 4.78 is 10.8. The van der Waals surface area contributed by atoms with Gasteiger partial charge in [0.05, 0.1) is 12.0 Å². The summed E-state index contributed by atoms with van der Waals surface area (Å²) in [6.45, 7) is 5.76. The number of rotatable bonds is 3. The number of esters is 1. The van der Waals surface area contributed by atoms with Crippen molar-refractivity contribution in [1.82, 2.24) is 9.97 Å². The number of hydrogen-bond donors (Lipinski definition) is 0. The molecule has 1 aliphatic rings. The third-order valence-electron chi connectivity index (χ3n) is 3.78. The first-order valence-electron chi connectivity index (χ1n) is 7.38. The first kappa shape index (κ1) is 13.9. The lowest BCUT2D eigenvalue weighted by Gasteiger charge is -2.28.